The minimum atomic E-state index is -0.151. The number of ether oxygens (including phenoxy) is 1. The molecule has 0 spiro atoms. The number of esters is 1. The highest BCUT2D eigenvalue weighted by molar-refractivity contribution is 5.69. The molecule has 0 saturated heterocycles. The summed E-state index contributed by atoms with van der Waals surface area (Å²) in [5.41, 5.74) is -0.151. The van der Waals surface area contributed by atoms with Crippen molar-refractivity contribution in [1.29, 1.82) is 0 Å². The van der Waals surface area contributed by atoms with Gasteiger partial charge in [-0.2, -0.15) is 0 Å². The molecule has 0 radical (unpaired) electrons. The minimum Gasteiger partial charge on any atom is -0.459 e. The summed E-state index contributed by atoms with van der Waals surface area (Å²) >= 11 is 0. The number of carbonyl (C=O) groups is 1. The molecule has 1 fully saturated rings. The van der Waals surface area contributed by atoms with E-state index in [-0.39, 0.29) is 11.6 Å². The number of hydrogen-bond donors (Lipinski definition) is 0. The van der Waals surface area contributed by atoms with Crippen LogP contribution in [0.15, 0.2) is 0 Å². The molecule has 0 heterocycles. The van der Waals surface area contributed by atoms with Gasteiger partial charge in [-0.3, -0.25) is 4.79 Å². The molecule has 0 amide bonds. The molecular formula is C11H20O2. The lowest BCUT2D eigenvalue weighted by Crippen LogP contribution is -2.46. The number of carbonyl (C=O) groups excluding carboxylic acids is 1. The molecule has 2 nitrogen and oxygen atoms in total. The van der Waals surface area contributed by atoms with Crippen molar-refractivity contribution in [2.24, 2.45) is 11.8 Å². The van der Waals surface area contributed by atoms with Crippen molar-refractivity contribution in [3.8, 4) is 0 Å². The van der Waals surface area contributed by atoms with E-state index in [0.717, 1.165) is 18.8 Å². The van der Waals surface area contributed by atoms with E-state index in [4.69, 9.17) is 4.74 Å². The molecule has 2 heteroatoms. The summed E-state index contributed by atoms with van der Waals surface area (Å²) < 4.78 is 5.36. The SMILES string of the molecule is CCC(=O)OC1(C)CC(C(C)C)C1. The Bertz CT molecular complexity index is 190. The van der Waals surface area contributed by atoms with Crippen molar-refractivity contribution < 1.29 is 9.53 Å². The van der Waals surface area contributed by atoms with Gasteiger partial charge in [0.2, 0.25) is 0 Å². The van der Waals surface area contributed by atoms with Gasteiger partial charge in [0.25, 0.3) is 0 Å². The number of rotatable bonds is 3. The Morgan fingerprint density at radius 2 is 2.08 bits per heavy atom. The summed E-state index contributed by atoms with van der Waals surface area (Å²) in [4.78, 5) is 11.1. The van der Waals surface area contributed by atoms with E-state index >= 15 is 0 Å². The molecule has 0 atom stereocenters. The molecule has 13 heavy (non-hydrogen) atoms. The second kappa shape index (κ2) is 3.69. The molecule has 1 aliphatic rings. The Hall–Kier alpha value is -0.530. The zero-order valence-electron chi connectivity index (χ0n) is 9.09. The average molecular weight is 184 g/mol. The van der Waals surface area contributed by atoms with Crippen LogP contribution >= 0.6 is 0 Å². The quantitative estimate of drug-likeness (QED) is 0.630. The molecule has 0 N–H and O–H groups in total. The van der Waals surface area contributed by atoms with E-state index in [0.29, 0.717) is 12.3 Å². The standard InChI is InChI=1S/C11H20O2/c1-5-10(12)13-11(4)6-9(7-11)8(2)3/h8-9H,5-7H2,1-4H3. The van der Waals surface area contributed by atoms with Crippen LogP contribution in [0.5, 0.6) is 0 Å². The molecule has 0 aromatic rings. The van der Waals surface area contributed by atoms with Crippen LogP contribution in [-0.2, 0) is 9.53 Å². The van der Waals surface area contributed by atoms with Gasteiger partial charge in [-0.15, -0.1) is 0 Å². The predicted octanol–water partition coefficient (Wildman–Crippen LogP) is 2.76. The summed E-state index contributed by atoms with van der Waals surface area (Å²) in [6.45, 7) is 8.33. The van der Waals surface area contributed by atoms with Gasteiger partial charge < -0.3 is 4.74 Å². The van der Waals surface area contributed by atoms with E-state index in [1.54, 1.807) is 0 Å². The van der Waals surface area contributed by atoms with E-state index < -0.39 is 0 Å². The normalized spacial score (nSPS) is 32.8. The van der Waals surface area contributed by atoms with Crippen LogP contribution in [0, 0.1) is 11.8 Å². The Labute approximate surface area is 80.7 Å². The van der Waals surface area contributed by atoms with Crippen LogP contribution in [-0.4, -0.2) is 11.6 Å². The fourth-order valence-corrected chi connectivity index (χ4v) is 1.95. The van der Waals surface area contributed by atoms with Gasteiger partial charge in [0.1, 0.15) is 5.60 Å². The lowest BCUT2D eigenvalue weighted by molar-refractivity contribution is -0.174. The Morgan fingerprint density at radius 3 is 2.46 bits per heavy atom. The first-order valence-corrected chi connectivity index (χ1v) is 5.18. The third-order valence-electron chi connectivity index (χ3n) is 2.98. The van der Waals surface area contributed by atoms with Crippen LogP contribution < -0.4 is 0 Å². The summed E-state index contributed by atoms with van der Waals surface area (Å²) in [5, 5.41) is 0. The van der Waals surface area contributed by atoms with Crippen molar-refractivity contribution in [1.82, 2.24) is 0 Å². The highest BCUT2D eigenvalue weighted by atomic mass is 16.6. The largest absolute Gasteiger partial charge is 0.459 e. The summed E-state index contributed by atoms with van der Waals surface area (Å²) in [5.74, 6) is 1.40. The van der Waals surface area contributed by atoms with E-state index in [2.05, 4.69) is 13.8 Å². The van der Waals surface area contributed by atoms with Gasteiger partial charge >= 0.3 is 5.97 Å². The first kappa shape index (κ1) is 10.6. The minimum absolute atomic E-state index is 0.0651. The Kier molecular flexibility index (Phi) is 2.99. The zero-order valence-corrected chi connectivity index (χ0v) is 9.09. The van der Waals surface area contributed by atoms with Crippen molar-refractivity contribution in [3.63, 3.8) is 0 Å². The highest BCUT2D eigenvalue weighted by Gasteiger charge is 2.44. The molecule has 0 aromatic heterocycles. The fraction of sp³-hybridized carbons (Fsp3) is 0.909. The fourth-order valence-electron chi connectivity index (χ4n) is 1.95. The van der Waals surface area contributed by atoms with Crippen molar-refractivity contribution in [2.75, 3.05) is 0 Å². The maximum Gasteiger partial charge on any atom is 0.306 e. The van der Waals surface area contributed by atoms with Gasteiger partial charge in [-0.25, -0.2) is 0 Å². The lowest BCUT2D eigenvalue weighted by Gasteiger charge is -2.46. The third-order valence-corrected chi connectivity index (χ3v) is 2.98. The van der Waals surface area contributed by atoms with E-state index in [1.165, 1.54) is 0 Å². The smallest absolute Gasteiger partial charge is 0.306 e. The van der Waals surface area contributed by atoms with Crippen LogP contribution in [0.25, 0.3) is 0 Å². The topological polar surface area (TPSA) is 26.3 Å². The van der Waals surface area contributed by atoms with Crippen LogP contribution in [0.2, 0.25) is 0 Å². The lowest BCUT2D eigenvalue weighted by atomic mass is 9.67. The molecule has 0 aliphatic heterocycles. The van der Waals surface area contributed by atoms with E-state index in [9.17, 15) is 4.79 Å². The summed E-state index contributed by atoms with van der Waals surface area (Å²) in [6, 6.07) is 0. The second-order valence-corrected chi connectivity index (χ2v) is 4.69. The molecule has 0 unspecified atom stereocenters. The first-order chi connectivity index (χ1) is 5.97. The average Bonchev–Trinajstić information content (AvgIpc) is 1.99. The second-order valence-electron chi connectivity index (χ2n) is 4.69. The molecule has 0 aromatic carbocycles. The zero-order chi connectivity index (χ0) is 10.1. The monoisotopic (exact) mass is 184 g/mol. The van der Waals surface area contributed by atoms with E-state index in [1.807, 2.05) is 13.8 Å². The van der Waals surface area contributed by atoms with Gasteiger partial charge in [-0.05, 0) is 31.6 Å². The highest BCUT2D eigenvalue weighted by Crippen LogP contribution is 2.44. The molecule has 76 valence electrons. The maximum atomic E-state index is 11.1. The molecule has 1 rings (SSSR count). The van der Waals surface area contributed by atoms with Crippen molar-refractivity contribution in [3.05, 3.63) is 0 Å². The van der Waals surface area contributed by atoms with Crippen molar-refractivity contribution >= 4 is 5.97 Å². The molecule has 1 saturated carbocycles. The maximum absolute atomic E-state index is 11.1. The van der Waals surface area contributed by atoms with Crippen molar-refractivity contribution in [2.45, 2.75) is 52.6 Å². The Morgan fingerprint density at radius 1 is 1.54 bits per heavy atom. The third kappa shape index (κ3) is 2.45. The van der Waals surface area contributed by atoms with Gasteiger partial charge in [0.15, 0.2) is 0 Å². The van der Waals surface area contributed by atoms with Gasteiger partial charge in [-0.1, -0.05) is 20.8 Å². The first-order valence-electron chi connectivity index (χ1n) is 5.18. The summed E-state index contributed by atoms with van der Waals surface area (Å²) in [6.07, 6.45) is 2.56. The summed E-state index contributed by atoms with van der Waals surface area (Å²) in [7, 11) is 0. The van der Waals surface area contributed by atoms with Crippen LogP contribution in [0.1, 0.15) is 47.0 Å². The number of hydrogen-bond acceptors (Lipinski definition) is 2. The predicted molar refractivity (Wildman–Crippen MR) is 52.4 cm³/mol. The molecular weight excluding hydrogens is 164 g/mol. The molecule has 0 bridgehead atoms. The Balaban J connectivity index is 2.33. The van der Waals surface area contributed by atoms with Crippen LogP contribution in [0.4, 0.5) is 0 Å². The van der Waals surface area contributed by atoms with Gasteiger partial charge in [0.05, 0.1) is 0 Å². The van der Waals surface area contributed by atoms with Gasteiger partial charge in [0, 0.05) is 6.42 Å². The van der Waals surface area contributed by atoms with Crippen LogP contribution in [0.3, 0.4) is 0 Å². The molecule has 1 aliphatic carbocycles.